The van der Waals surface area contributed by atoms with Crippen LogP contribution in [0.15, 0.2) is 47.4 Å². The van der Waals surface area contributed by atoms with Crippen molar-refractivity contribution in [3.05, 3.63) is 48.0 Å². The van der Waals surface area contributed by atoms with Crippen LogP contribution >= 0.6 is 11.7 Å². The van der Waals surface area contributed by atoms with Gasteiger partial charge in [-0.05, 0) is 49.1 Å². The Morgan fingerprint density at radius 2 is 2.03 bits per heavy atom. The van der Waals surface area contributed by atoms with Crippen molar-refractivity contribution in [2.24, 2.45) is 0 Å². The number of anilines is 1. The summed E-state index contributed by atoms with van der Waals surface area (Å²) in [5, 5.41) is 2.90. The van der Waals surface area contributed by atoms with Gasteiger partial charge in [0.25, 0.3) is 0 Å². The second kappa shape index (κ2) is 8.17. The van der Waals surface area contributed by atoms with Crippen molar-refractivity contribution in [1.82, 2.24) is 13.1 Å². The monoisotopic (exact) mass is 430 g/mol. The predicted octanol–water partition coefficient (Wildman–Crippen LogP) is 3.44. The average molecular weight is 431 g/mol. The number of nitrogens with zero attached hydrogens (tertiary/aromatic N) is 3. The summed E-state index contributed by atoms with van der Waals surface area (Å²) in [6, 6.07) is 11.8. The summed E-state index contributed by atoms with van der Waals surface area (Å²) in [6.45, 7) is 2.35. The highest BCUT2D eigenvalue weighted by atomic mass is 32.2. The van der Waals surface area contributed by atoms with Crippen LogP contribution in [0.1, 0.15) is 31.7 Å². The smallest absolute Gasteiger partial charge is 0.246 e. The van der Waals surface area contributed by atoms with Gasteiger partial charge in [-0.25, -0.2) is 8.42 Å². The number of aromatic nitrogens is 2. The first-order chi connectivity index (χ1) is 14.0. The van der Waals surface area contributed by atoms with Crippen LogP contribution < -0.4 is 5.32 Å². The molecule has 3 aromatic rings. The number of piperidine rings is 1. The van der Waals surface area contributed by atoms with Crippen molar-refractivity contribution in [2.45, 2.75) is 43.5 Å². The molecule has 0 spiro atoms. The molecule has 1 amide bonds. The van der Waals surface area contributed by atoms with Gasteiger partial charge in [-0.1, -0.05) is 31.5 Å². The summed E-state index contributed by atoms with van der Waals surface area (Å²) in [5.41, 5.74) is 2.70. The van der Waals surface area contributed by atoms with Crippen molar-refractivity contribution in [1.29, 1.82) is 0 Å². The van der Waals surface area contributed by atoms with E-state index in [1.807, 2.05) is 31.2 Å². The van der Waals surface area contributed by atoms with Crippen LogP contribution in [-0.2, 0) is 21.2 Å². The molecular weight excluding hydrogens is 408 g/mol. The first-order valence-electron chi connectivity index (χ1n) is 9.63. The summed E-state index contributed by atoms with van der Waals surface area (Å²) >= 11 is 0.980. The largest absolute Gasteiger partial charge is 0.325 e. The number of sulfonamides is 1. The summed E-state index contributed by atoms with van der Waals surface area (Å²) in [4.78, 5) is 13.1. The van der Waals surface area contributed by atoms with Gasteiger partial charge in [0.2, 0.25) is 15.9 Å². The number of hydrogen-bond donors (Lipinski definition) is 1. The molecule has 0 radical (unpaired) electrons. The van der Waals surface area contributed by atoms with Gasteiger partial charge >= 0.3 is 0 Å². The highest BCUT2D eigenvalue weighted by Crippen LogP contribution is 2.30. The molecule has 2 heterocycles. The molecule has 0 bridgehead atoms. The molecule has 0 aliphatic carbocycles. The van der Waals surface area contributed by atoms with Gasteiger partial charge in [-0.2, -0.15) is 13.1 Å². The Kier molecular flexibility index (Phi) is 5.62. The second-order valence-electron chi connectivity index (χ2n) is 7.06. The molecule has 1 aromatic heterocycles. The lowest BCUT2D eigenvalue weighted by atomic mass is 10.0. The zero-order valence-corrected chi connectivity index (χ0v) is 17.7. The number of carbonyl (C=O) groups excluding carboxylic acids is 1. The van der Waals surface area contributed by atoms with Gasteiger partial charge in [0.15, 0.2) is 0 Å². The molecular formula is C20H22N4O3S2. The highest BCUT2D eigenvalue weighted by molar-refractivity contribution is 7.89. The first kappa shape index (κ1) is 19.9. The summed E-state index contributed by atoms with van der Waals surface area (Å²) in [6.07, 6.45) is 2.88. The molecule has 0 saturated carbocycles. The summed E-state index contributed by atoms with van der Waals surface area (Å²) < 4.78 is 36.5. The second-order valence-corrected chi connectivity index (χ2v) is 9.45. The van der Waals surface area contributed by atoms with Crippen LogP contribution in [-0.4, -0.2) is 40.0 Å². The van der Waals surface area contributed by atoms with Crippen LogP contribution in [0.3, 0.4) is 0 Å². The molecule has 7 nitrogen and oxygen atoms in total. The molecule has 1 saturated heterocycles. The zero-order chi connectivity index (χ0) is 20.4. The number of hydrogen-bond acceptors (Lipinski definition) is 6. The van der Waals surface area contributed by atoms with Crippen LogP contribution in [0.5, 0.6) is 0 Å². The lowest BCUT2D eigenvalue weighted by Crippen LogP contribution is -2.49. The molecule has 9 heteroatoms. The Labute approximate surface area is 174 Å². The van der Waals surface area contributed by atoms with E-state index in [0.29, 0.717) is 29.7 Å². The van der Waals surface area contributed by atoms with Gasteiger partial charge in [0.05, 0.1) is 11.7 Å². The fourth-order valence-electron chi connectivity index (χ4n) is 3.67. The molecule has 2 aromatic carbocycles. The lowest BCUT2D eigenvalue weighted by molar-refractivity contribution is -0.120. The van der Waals surface area contributed by atoms with Gasteiger partial charge in [-0.3, -0.25) is 4.79 Å². The fourth-order valence-corrected chi connectivity index (χ4v) is 6.08. The van der Waals surface area contributed by atoms with Crippen molar-refractivity contribution < 1.29 is 13.2 Å². The number of amides is 1. The molecule has 1 N–H and O–H groups in total. The lowest BCUT2D eigenvalue weighted by Gasteiger charge is -2.33. The van der Waals surface area contributed by atoms with Crippen LogP contribution in [0.25, 0.3) is 11.0 Å². The van der Waals surface area contributed by atoms with E-state index >= 15 is 0 Å². The first-order valence-corrected chi connectivity index (χ1v) is 11.8. The Hall–Kier alpha value is -2.36. The van der Waals surface area contributed by atoms with Gasteiger partial charge in [0, 0.05) is 12.2 Å². The summed E-state index contributed by atoms with van der Waals surface area (Å²) in [7, 11) is -3.88. The molecule has 1 atom stereocenters. The maximum Gasteiger partial charge on any atom is 0.246 e. The van der Waals surface area contributed by atoms with Crippen molar-refractivity contribution in [2.75, 3.05) is 11.9 Å². The van der Waals surface area contributed by atoms with E-state index in [1.165, 1.54) is 10.4 Å². The molecule has 29 heavy (non-hydrogen) atoms. The Morgan fingerprint density at radius 1 is 1.21 bits per heavy atom. The van der Waals surface area contributed by atoms with Crippen molar-refractivity contribution >= 4 is 44.4 Å². The molecule has 152 valence electrons. The number of benzene rings is 2. The normalized spacial score (nSPS) is 18.0. The SMILES string of the molecule is CCc1cccc(NC(=O)[C@@H]2CCCCN2S(=O)(=O)c2cccc3nsnc23)c1. The third-order valence-corrected chi connectivity index (χ3v) is 7.68. The molecule has 0 unspecified atom stereocenters. The number of rotatable bonds is 5. The number of aryl methyl sites for hydroxylation is 1. The third kappa shape index (κ3) is 3.90. The van der Waals surface area contributed by atoms with E-state index in [2.05, 4.69) is 14.1 Å². The van der Waals surface area contributed by atoms with Crippen molar-refractivity contribution in [3.8, 4) is 0 Å². The molecule has 1 aliphatic heterocycles. The zero-order valence-electron chi connectivity index (χ0n) is 16.0. The predicted molar refractivity (Wildman–Crippen MR) is 113 cm³/mol. The quantitative estimate of drug-likeness (QED) is 0.669. The van der Waals surface area contributed by atoms with E-state index in [-0.39, 0.29) is 10.8 Å². The maximum absolute atomic E-state index is 13.4. The van der Waals surface area contributed by atoms with Gasteiger partial charge in [0.1, 0.15) is 22.0 Å². The van der Waals surface area contributed by atoms with Crippen LogP contribution in [0, 0.1) is 0 Å². The van der Waals surface area contributed by atoms with Crippen LogP contribution in [0.2, 0.25) is 0 Å². The Bertz CT molecular complexity index is 1140. The minimum Gasteiger partial charge on any atom is -0.325 e. The van der Waals surface area contributed by atoms with Crippen LogP contribution in [0.4, 0.5) is 5.69 Å². The average Bonchev–Trinajstić information content (AvgIpc) is 3.22. The van der Waals surface area contributed by atoms with E-state index < -0.39 is 16.1 Å². The number of nitrogens with one attached hydrogen (secondary N) is 1. The van der Waals surface area contributed by atoms with E-state index in [0.717, 1.165) is 36.6 Å². The van der Waals surface area contributed by atoms with Crippen molar-refractivity contribution in [3.63, 3.8) is 0 Å². The Balaban J connectivity index is 1.64. The highest BCUT2D eigenvalue weighted by Gasteiger charge is 2.38. The Morgan fingerprint density at radius 3 is 2.86 bits per heavy atom. The summed E-state index contributed by atoms with van der Waals surface area (Å²) in [5.74, 6) is -0.301. The minimum atomic E-state index is -3.88. The molecule has 1 aliphatic rings. The van der Waals surface area contributed by atoms with Gasteiger partial charge < -0.3 is 5.32 Å². The molecule has 4 rings (SSSR count). The maximum atomic E-state index is 13.4. The standard InChI is InChI=1S/C20H22N4O3S2/c1-2-14-7-5-8-15(13-14)21-20(25)17-10-3-4-12-24(17)29(26,27)18-11-6-9-16-19(18)23-28-22-16/h5-9,11,13,17H,2-4,10,12H2,1H3,(H,21,25)/t17-/m0/s1. The van der Waals surface area contributed by atoms with Gasteiger partial charge in [-0.15, -0.1) is 0 Å². The fraction of sp³-hybridized carbons (Fsp3) is 0.350. The molecule has 1 fully saturated rings. The number of fused-ring (bicyclic) bond motifs is 1. The minimum absolute atomic E-state index is 0.108. The third-order valence-electron chi connectivity index (χ3n) is 5.19. The van der Waals surface area contributed by atoms with E-state index in [1.54, 1.807) is 12.1 Å². The van der Waals surface area contributed by atoms with E-state index in [9.17, 15) is 13.2 Å². The number of carbonyl (C=O) groups is 1. The van der Waals surface area contributed by atoms with E-state index in [4.69, 9.17) is 0 Å². The topological polar surface area (TPSA) is 92.3 Å².